The Hall–Kier alpha value is -1.14. The van der Waals surface area contributed by atoms with Gasteiger partial charge in [-0.2, -0.15) is 0 Å². The summed E-state index contributed by atoms with van der Waals surface area (Å²) in [7, 11) is 0. The number of carbonyl (C=O) groups excluding carboxylic acids is 2. The molecule has 21 heavy (non-hydrogen) atoms. The molecule has 2 unspecified atom stereocenters. The molecule has 2 aliphatic rings. The second-order valence-corrected chi connectivity index (χ2v) is 6.34. The predicted octanol–water partition coefficient (Wildman–Crippen LogP) is 0.849. The molecule has 2 atom stereocenters. The zero-order valence-electron chi connectivity index (χ0n) is 12.9. The van der Waals surface area contributed by atoms with Crippen molar-refractivity contribution in [1.82, 2.24) is 15.5 Å². The van der Waals surface area contributed by atoms with E-state index in [0.717, 1.165) is 51.6 Å². The van der Waals surface area contributed by atoms with E-state index in [1.54, 1.807) is 0 Å². The summed E-state index contributed by atoms with van der Waals surface area (Å²) in [5.74, 6) is -0.00781. The second kappa shape index (κ2) is 7.22. The van der Waals surface area contributed by atoms with Gasteiger partial charge in [-0.3, -0.25) is 15.0 Å². The quantitative estimate of drug-likeness (QED) is 0.718. The summed E-state index contributed by atoms with van der Waals surface area (Å²) in [5, 5.41) is 15.6. The number of imide groups is 1. The maximum atomic E-state index is 11.8. The number of hydrogen-bond acceptors (Lipinski definition) is 4. The van der Waals surface area contributed by atoms with Gasteiger partial charge in [0.2, 0.25) is 5.91 Å². The fourth-order valence-corrected chi connectivity index (χ4v) is 3.44. The van der Waals surface area contributed by atoms with Crippen LogP contribution in [0.4, 0.5) is 4.79 Å². The third kappa shape index (κ3) is 4.41. The van der Waals surface area contributed by atoms with Crippen LogP contribution in [0.25, 0.3) is 0 Å². The fraction of sp³-hybridized carbons (Fsp3) is 0.867. The third-order valence-corrected chi connectivity index (χ3v) is 4.67. The Morgan fingerprint density at radius 3 is 2.90 bits per heavy atom. The monoisotopic (exact) mass is 297 g/mol. The Bertz CT molecular complexity index is 388. The maximum absolute atomic E-state index is 11.8. The summed E-state index contributed by atoms with van der Waals surface area (Å²) in [4.78, 5) is 25.3. The van der Waals surface area contributed by atoms with E-state index >= 15 is 0 Å². The number of piperidine rings is 1. The fourth-order valence-electron chi connectivity index (χ4n) is 3.44. The van der Waals surface area contributed by atoms with Gasteiger partial charge in [0.15, 0.2) is 0 Å². The van der Waals surface area contributed by atoms with Crippen LogP contribution in [0.15, 0.2) is 0 Å². The number of amides is 3. The molecule has 6 nitrogen and oxygen atoms in total. The van der Waals surface area contributed by atoms with Gasteiger partial charge in [-0.25, -0.2) is 4.79 Å². The summed E-state index contributed by atoms with van der Waals surface area (Å²) >= 11 is 0. The lowest BCUT2D eigenvalue weighted by Gasteiger charge is -2.47. The van der Waals surface area contributed by atoms with Crippen molar-refractivity contribution in [2.45, 2.75) is 51.0 Å². The summed E-state index contributed by atoms with van der Waals surface area (Å²) in [6, 6.07) is -0.423. The largest absolute Gasteiger partial charge is 0.390 e. The van der Waals surface area contributed by atoms with E-state index in [-0.39, 0.29) is 18.4 Å². The van der Waals surface area contributed by atoms with Gasteiger partial charge in [0.05, 0.1) is 12.1 Å². The molecule has 120 valence electrons. The number of aliphatic hydroxyl groups is 1. The average molecular weight is 297 g/mol. The number of likely N-dealkylation sites (tertiary alicyclic amines) is 1. The molecule has 2 fully saturated rings. The van der Waals surface area contributed by atoms with E-state index in [1.165, 1.54) is 0 Å². The molecule has 1 heterocycles. The van der Waals surface area contributed by atoms with Crippen molar-refractivity contribution in [3.8, 4) is 0 Å². The van der Waals surface area contributed by atoms with Crippen molar-refractivity contribution in [1.29, 1.82) is 0 Å². The van der Waals surface area contributed by atoms with E-state index in [1.807, 2.05) is 11.8 Å². The number of nitrogens with zero attached hydrogens (tertiary/aromatic N) is 1. The molecule has 0 aromatic carbocycles. The minimum atomic E-state index is -0.524. The van der Waals surface area contributed by atoms with Crippen LogP contribution < -0.4 is 10.6 Å². The van der Waals surface area contributed by atoms with Crippen LogP contribution in [0.2, 0.25) is 0 Å². The smallest absolute Gasteiger partial charge is 0.321 e. The third-order valence-electron chi connectivity index (χ3n) is 4.67. The average Bonchev–Trinajstić information content (AvgIpc) is 2.45. The number of nitrogens with one attached hydrogen (secondary N) is 2. The zero-order chi connectivity index (χ0) is 15.3. The molecule has 1 saturated heterocycles. The first-order valence-corrected chi connectivity index (χ1v) is 8.06. The van der Waals surface area contributed by atoms with Crippen molar-refractivity contribution in [2.75, 3.05) is 26.2 Å². The minimum Gasteiger partial charge on any atom is -0.390 e. The molecule has 0 aromatic rings. The molecule has 1 aliphatic heterocycles. The molecule has 2 rings (SSSR count). The molecule has 0 bridgehead atoms. The van der Waals surface area contributed by atoms with E-state index < -0.39 is 11.6 Å². The first kappa shape index (κ1) is 16.2. The summed E-state index contributed by atoms with van der Waals surface area (Å²) < 4.78 is 0. The first-order valence-electron chi connectivity index (χ1n) is 8.06. The number of rotatable bonds is 4. The second-order valence-electron chi connectivity index (χ2n) is 6.34. The molecule has 0 radical (unpaired) electrons. The lowest BCUT2D eigenvalue weighted by Crippen LogP contribution is -2.55. The molecule has 3 amide bonds. The van der Waals surface area contributed by atoms with Gasteiger partial charge < -0.3 is 10.4 Å². The van der Waals surface area contributed by atoms with Gasteiger partial charge in [0, 0.05) is 25.6 Å². The van der Waals surface area contributed by atoms with Crippen LogP contribution >= 0.6 is 0 Å². The van der Waals surface area contributed by atoms with Crippen molar-refractivity contribution in [3.05, 3.63) is 0 Å². The summed E-state index contributed by atoms with van der Waals surface area (Å²) in [5.41, 5.74) is -0.524. The molecule has 0 spiro atoms. The van der Waals surface area contributed by atoms with E-state index in [9.17, 15) is 14.7 Å². The van der Waals surface area contributed by atoms with E-state index in [2.05, 4.69) is 10.6 Å². The Labute approximate surface area is 126 Å². The minimum absolute atomic E-state index is 0.228. The highest BCUT2D eigenvalue weighted by molar-refractivity contribution is 5.95. The maximum Gasteiger partial charge on any atom is 0.321 e. The molecule has 6 heteroatoms. The van der Waals surface area contributed by atoms with Crippen LogP contribution in [-0.4, -0.2) is 53.7 Å². The normalized spacial score (nSPS) is 29.5. The predicted molar refractivity (Wildman–Crippen MR) is 79.8 cm³/mol. The van der Waals surface area contributed by atoms with Crippen molar-refractivity contribution in [2.24, 2.45) is 5.92 Å². The topological polar surface area (TPSA) is 81.7 Å². The molecule has 3 N–H and O–H groups in total. The molecular weight excluding hydrogens is 270 g/mol. The Morgan fingerprint density at radius 1 is 1.33 bits per heavy atom. The Kier molecular flexibility index (Phi) is 5.58. The number of fused-ring (bicyclic) bond motifs is 1. The van der Waals surface area contributed by atoms with Crippen LogP contribution in [0, 0.1) is 5.92 Å². The van der Waals surface area contributed by atoms with Crippen molar-refractivity contribution < 1.29 is 14.7 Å². The zero-order valence-corrected chi connectivity index (χ0v) is 12.9. The molecule has 0 aromatic heterocycles. The van der Waals surface area contributed by atoms with Gasteiger partial charge in [-0.05, 0) is 25.7 Å². The van der Waals surface area contributed by atoms with Gasteiger partial charge in [-0.15, -0.1) is 0 Å². The number of urea groups is 1. The number of hydrogen-bond donors (Lipinski definition) is 3. The van der Waals surface area contributed by atoms with E-state index in [4.69, 9.17) is 0 Å². The molecule has 1 aliphatic carbocycles. The first-order chi connectivity index (χ1) is 10.0. The van der Waals surface area contributed by atoms with Crippen molar-refractivity contribution >= 4 is 11.9 Å². The van der Waals surface area contributed by atoms with Crippen LogP contribution in [0.1, 0.15) is 45.4 Å². The van der Waals surface area contributed by atoms with Gasteiger partial charge in [-0.1, -0.05) is 19.8 Å². The standard InChI is InChI=1S/C15H27N3O3/c1-2-8-16-14(20)17-13(19)11-18-9-7-15(21)6-4-3-5-12(15)10-18/h12,21H,2-11H2,1H3,(H2,16,17,19,20). The SMILES string of the molecule is CCCNC(=O)NC(=O)CN1CCC2(O)CCCCC2C1. The summed E-state index contributed by atoms with van der Waals surface area (Å²) in [6.07, 6.45) is 5.75. The highest BCUT2D eigenvalue weighted by atomic mass is 16.3. The summed E-state index contributed by atoms with van der Waals surface area (Å²) in [6.45, 7) is 4.22. The highest BCUT2D eigenvalue weighted by Gasteiger charge is 2.42. The van der Waals surface area contributed by atoms with Crippen LogP contribution in [0.5, 0.6) is 0 Å². The van der Waals surface area contributed by atoms with Gasteiger partial charge >= 0.3 is 6.03 Å². The van der Waals surface area contributed by atoms with E-state index in [0.29, 0.717) is 6.54 Å². The van der Waals surface area contributed by atoms with Gasteiger partial charge in [0.1, 0.15) is 0 Å². The number of carbonyl (C=O) groups is 2. The van der Waals surface area contributed by atoms with Gasteiger partial charge in [0.25, 0.3) is 0 Å². The van der Waals surface area contributed by atoms with Crippen LogP contribution in [0.3, 0.4) is 0 Å². The lowest BCUT2D eigenvalue weighted by atomic mass is 9.71. The lowest BCUT2D eigenvalue weighted by molar-refractivity contribution is -0.126. The Balaban J connectivity index is 1.76. The highest BCUT2D eigenvalue weighted by Crippen LogP contribution is 2.39. The van der Waals surface area contributed by atoms with Crippen LogP contribution in [-0.2, 0) is 4.79 Å². The van der Waals surface area contributed by atoms with Crippen molar-refractivity contribution in [3.63, 3.8) is 0 Å². The molecular formula is C15H27N3O3. The molecule has 1 saturated carbocycles. The Morgan fingerprint density at radius 2 is 2.14 bits per heavy atom.